The molecule has 1 fully saturated rings. The normalized spacial score (nSPS) is 15.6. The van der Waals surface area contributed by atoms with Crippen LogP contribution in [0.25, 0.3) is 0 Å². The Balaban J connectivity index is 2.26. The Labute approximate surface area is 119 Å². The third-order valence-electron chi connectivity index (χ3n) is 3.86. The van der Waals surface area contributed by atoms with Gasteiger partial charge in [-0.25, -0.2) is 0 Å². The average molecular weight is 278 g/mol. The Hall–Kier alpha value is -1.75. The molecule has 5 heteroatoms. The molecule has 2 N–H and O–H groups in total. The van der Waals surface area contributed by atoms with Crippen molar-refractivity contribution in [2.75, 3.05) is 27.8 Å². The molecule has 1 saturated carbocycles. The van der Waals surface area contributed by atoms with Gasteiger partial charge in [0, 0.05) is 19.6 Å². The Bertz CT molecular complexity index is 486. The summed E-state index contributed by atoms with van der Waals surface area (Å²) in [4.78, 5) is 14.4. The van der Waals surface area contributed by atoms with Crippen LogP contribution < -0.4 is 15.2 Å². The van der Waals surface area contributed by atoms with Gasteiger partial charge >= 0.3 is 0 Å². The first kappa shape index (κ1) is 14.7. The van der Waals surface area contributed by atoms with Crippen LogP contribution in [0, 0.1) is 5.92 Å². The zero-order chi connectivity index (χ0) is 14.7. The van der Waals surface area contributed by atoms with Gasteiger partial charge in [0.2, 0.25) is 0 Å². The molecule has 1 aromatic carbocycles. The number of hydrogen-bond acceptors (Lipinski definition) is 4. The molecule has 20 heavy (non-hydrogen) atoms. The number of carbonyl (C=O) groups excluding carboxylic acids is 1. The number of hydrogen-bond donors (Lipinski definition) is 1. The van der Waals surface area contributed by atoms with Crippen LogP contribution in [0.1, 0.15) is 23.2 Å². The predicted molar refractivity (Wildman–Crippen MR) is 77.2 cm³/mol. The highest BCUT2D eigenvalue weighted by molar-refractivity contribution is 5.97. The van der Waals surface area contributed by atoms with E-state index in [2.05, 4.69) is 0 Å². The minimum Gasteiger partial charge on any atom is -0.497 e. The van der Waals surface area contributed by atoms with Gasteiger partial charge in [0.05, 0.1) is 19.8 Å². The summed E-state index contributed by atoms with van der Waals surface area (Å²) in [7, 11) is 4.93. The van der Waals surface area contributed by atoms with Crippen molar-refractivity contribution in [3.8, 4) is 11.5 Å². The summed E-state index contributed by atoms with van der Waals surface area (Å²) in [6.07, 6.45) is 2.30. The van der Waals surface area contributed by atoms with Crippen LogP contribution in [-0.2, 0) is 0 Å². The van der Waals surface area contributed by atoms with Crippen molar-refractivity contribution in [1.29, 1.82) is 0 Å². The second kappa shape index (κ2) is 6.13. The molecule has 0 bridgehead atoms. The van der Waals surface area contributed by atoms with E-state index in [1.165, 1.54) is 0 Å². The van der Waals surface area contributed by atoms with Crippen LogP contribution in [0.4, 0.5) is 0 Å². The SMILES string of the molecule is COc1ccc(OC)c(C(=O)N(C)C(CN)C2CC2)c1. The maximum Gasteiger partial charge on any atom is 0.257 e. The lowest BCUT2D eigenvalue weighted by molar-refractivity contribution is 0.0715. The smallest absolute Gasteiger partial charge is 0.257 e. The summed E-state index contributed by atoms with van der Waals surface area (Å²) in [5.74, 6) is 1.64. The maximum atomic E-state index is 12.7. The third-order valence-corrected chi connectivity index (χ3v) is 3.86. The number of ether oxygens (including phenoxy) is 2. The van der Waals surface area contributed by atoms with Gasteiger partial charge in [0.25, 0.3) is 5.91 Å². The van der Waals surface area contributed by atoms with Gasteiger partial charge in [-0.3, -0.25) is 4.79 Å². The van der Waals surface area contributed by atoms with Gasteiger partial charge in [-0.05, 0) is 37.0 Å². The van der Waals surface area contributed by atoms with Gasteiger partial charge in [-0.1, -0.05) is 0 Å². The van der Waals surface area contributed by atoms with Gasteiger partial charge < -0.3 is 20.1 Å². The molecule has 1 aliphatic carbocycles. The van der Waals surface area contributed by atoms with Crippen LogP contribution in [0.2, 0.25) is 0 Å². The van der Waals surface area contributed by atoms with Crippen molar-refractivity contribution in [3.63, 3.8) is 0 Å². The van der Waals surface area contributed by atoms with Crippen molar-refractivity contribution in [3.05, 3.63) is 23.8 Å². The second-order valence-corrected chi connectivity index (χ2v) is 5.12. The van der Waals surface area contributed by atoms with E-state index in [9.17, 15) is 4.79 Å². The quantitative estimate of drug-likeness (QED) is 0.856. The van der Waals surface area contributed by atoms with Gasteiger partial charge in [-0.15, -0.1) is 0 Å². The largest absolute Gasteiger partial charge is 0.497 e. The molecule has 1 aliphatic rings. The highest BCUT2D eigenvalue weighted by atomic mass is 16.5. The molecule has 1 atom stereocenters. The lowest BCUT2D eigenvalue weighted by Crippen LogP contribution is -2.43. The number of benzene rings is 1. The topological polar surface area (TPSA) is 64.8 Å². The molecule has 0 radical (unpaired) electrons. The molecule has 5 nitrogen and oxygen atoms in total. The van der Waals surface area contributed by atoms with Crippen LogP contribution in [0.3, 0.4) is 0 Å². The Morgan fingerprint density at radius 3 is 2.60 bits per heavy atom. The van der Waals surface area contributed by atoms with Crippen LogP contribution in [0.5, 0.6) is 11.5 Å². The van der Waals surface area contributed by atoms with Crippen molar-refractivity contribution in [2.45, 2.75) is 18.9 Å². The van der Waals surface area contributed by atoms with E-state index in [1.54, 1.807) is 44.4 Å². The van der Waals surface area contributed by atoms with Crippen LogP contribution >= 0.6 is 0 Å². The molecule has 1 amide bonds. The standard InChI is InChI=1S/C15H22N2O3/c1-17(13(9-16)10-4-5-10)15(18)12-8-11(19-2)6-7-14(12)20-3/h6-8,10,13H,4-5,9,16H2,1-3H3. The van der Waals surface area contributed by atoms with E-state index in [0.29, 0.717) is 29.5 Å². The molecule has 0 aromatic heterocycles. The summed E-state index contributed by atoms with van der Waals surface area (Å²) in [5, 5.41) is 0. The number of amides is 1. The first-order valence-corrected chi connectivity index (χ1v) is 6.81. The Morgan fingerprint density at radius 1 is 1.40 bits per heavy atom. The molecule has 0 aliphatic heterocycles. The summed E-state index contributed by atoms with van der Waals surface area (Å²) < 4.78 is 10.5. The number of likely N-dealkylation sites (N-methyl/N-ethyl adjacent to an activating group) is 1. The number of nitrogens with zero attached hydrogens (tertiary/aromatic N) is 1. The fraction of sp³-hybridized carbons (Fsp3) is 0.533. The van der Waals surface area contributed by atoms with E-state index in [1.807, 2.05) is 0 Å². The molecular formula is C15H22N2O3. The minimum absolute atomic E-state index is 0.0805. The van der Waals surface area contributed by atoms with E-state index >= 15 is 0 Å². The van der Waals surface area contributed by atoms with Crippen molar-refractivity contribution in [1.82, 2.24) is 4.90 Å². The first-order chi connectivity index (χ1) is 9.62. The molecule has 1 unspecified atom stereocenters. The molecule has 1 aromatic rings. The highest BCUT2D eigenvalue weighted by Crippen LogP contribution is 2.35. The predicted octanol–water partition coefficient (Wildman–Crippen LogP) is 1.51. The molecule has 0 heterocycles. The van der Waals surface area contributed by atoms with E-state index < -0.39 is 0 Å². The van der Waals surface area contributed by atoms with Gasteiger partial charge in [0.1, 0.15) is 11.5 Å². The lowest BCUT2D eigenvalue weighted by atomic mass is 10.1. The summed E-state index contributed by atoms with van der Waals surface area (Å²) >= 11 is 0. The third kappa shape index (κ3) is 2.88. The van der Waals surface area contributed by atoms with E-state index in [-0.39, 0.29) is 11.9 Å². The average Bonchev–Trinajstić information content (AvgIpc) is 3.31. The van der Waals surface area contributed by atoms with Gasteiger partial charge in [-0.2, -0.15) is 0 Å². The second-order valence-electron chi connectivity index (χ2n) is 5.12. The number of nitrogens with two attached hydrogens (primary N) is 1. The monoisotopic (exact) mass is 278 g/mol. The molecular weight excluding hydrogens is 256 g/mol. The Kier molecular flexibility index (Phi) is 4.49. The number of rotatable bonds is 6. The zero-order valence-electron chi connectivity index (χ0n) is 12.3. The number of carbonyl (C=O) groups is 1. The van der Waals surface area contributed by atoms with Crippen molar-refractivity contribution < 1.29 is 14.3 Å². The fourth-order valence-electron chi connectivity index (χ4n) is 2.47. The van der Waals surface area contributed by atoms with Crippen molar-refractivity contribution >= 4 is 5.91 Å². The van der Waals surface area contributed by atoms with E-state index in [0.717, 1.165) is 12.8 Å². The van der Waals surface area contributed by atoms with Gasteiger partial charge in [0.15, 0.2) is 0 Å². The van der Waals surface area contributed by atoms with Crippen LogP contribution in [-0.4, -0.2) is 44.7 Å². The summed E-state index contributed by atoms with van der Waals surface area (Å²) in [6, 6.07) is 5.32. The Morgan fingerprint density at radius 2 is 2.10 bits per heavy atom. The first-order valence-electron chi connectivity index (χ1n) is 6.81. The summed E-state index contributed by atoms with van der Waals surface area (Å²) in [6.45, 7) is 0.485. The fourth-order valence-corrected chi connectivity index (χ4v) is 2.47. The lowest BCUT2D eigenvalue weighted by Gasteiger charge is -2.27. The molecule has 110 valence electrons. The molecule has 2 rings (SSSR count). The highest BCUT2D eigenvalue weighted by Gasteiger charge is 2.35. The van der Waals surface area contributed by atoms with Crippen molar-refractivity contribution in [2.24, 2.45) is 11.7 Å². The molecule has 0 spiro atoms. The maximum absolute atomic E-state index is 12.7. The molecule has 0 saturated heterocycles. The number of methoxy groups -OCH3 is 2. The zero-order valence-corrected chi connectivity index (χ0v) is 12.3. The summed E-state index contributed by atoms with van der Waals surface area (Å²) in [5.41, 5.74) is 6.32. The van der Waals surface area contributed by atoms with E-state index in [4.69, 9.17) is 15.2 Å². The van der Waals surface area contributed by atoms with Crippen LogP contribution in [0.15, 0.2) is 18.2 Å². The minimum atomic E-state index is -0.0805.